The monoisotopic (exact) mass is 735 g/mol. The van der Waals surface area contributed by atoms with E-state index in [0.29, 0.717) is 12.2 Å². The molecule has 3 aliphatic heterocycles. The molecule has 0 spiro atoms. The van der Waals surface area contributed by atoms with Crippen molar-refractivity contribution < 1.29 is 28.1 Å². The van der Waals surface area contributed by atoms with Crippen molar-refractivity contribution in [1.29, 1.82) is 0 Å². The van der Waals surface area contributed by atoms with Crippen molar-refractivity contribution in [3.63, 3.8) is 0 Å². The number of ether oxygens (including phenoxy) is 4. The van der Waals surface area contributed by atoms with Crippen LogP contribution in [0.15, 0.2) is 53.1 Å². The van der Waals surface area contributed by atoms with Gasteiger partial charge in [0.15, 0.2) is 23.3 Å². The molecule has 0 amide bonds. The molecule has 262 valence electrons. The number of anilines is 1. The molecule has 3 aliphatic rings. The number of carbonyl (C=O) groups excluding carboxylic acids is 1. The van der Waals surface area contributed by atoms with Crippen LogP contribution >= 0.6 is 15.9 Å². The Balaban J connectivity index is 1.57. The van der Waals surface area contributed by atoms with Crippen molar-refractivity contribution >= 4 is 33.4 Å². The Morgan fingerprint density at radius 3 is 2.55 bits per heavy atom. The van der Waals surface area contributed by atoms with Crippen LogP contribution in [0.5, 0.6) is 5.75 Å². The normalized spacial score (nSPS) is 20.9. The van der Waals surface area contributed by atoms with E-state index in [1.54, 1.807) is 6.07 Å². The molecule has 0 N–H and O–H groups in total. The van der Waals surface area contributed by atoms with Gasteiger partial charge >= 0.3 is 5.97 Å². The summed E-state index contributed by atoms with van der Waals surface area (Å²) in [6.07, 6.45) is 5.08. The molecule has 8 nitrogen and oxygen atoms in total. The minimum atomic E-state index is -0.973. The van der Waals surface area contributed by atoms with Gasteiger partial charge in [0.05, 0.1) is 34.6 Å². The maximum absolute atomic E-state index is 15.3. The summed E-state index contributed by atoms with van der Waals surface area (Å²) in [6.45, 7) is 14.1. The van der Waals surface area contributed by atoms with Crippen molar-refractivity contribution in [2.45, 2.75) is 97.1 Å². The Bertz CT molecular complexity index is 1840. The van der Waals surface area contributed by atoms with Gasteiger partial charge < -0.3 is 23.8 Å². The van der Waals surface area contributed by atoms with Crippen molar-refractivity contribution in [2.24, 2.45) is 0 Å². The molecule has 0 saturated carbocycles. The average molecular weight is 737 g/mol. The number of para-hydroxylation sites is 1. The Morgan fingerprint density at radius 1 is 1.12 bits per heavy atom. The fraction of sp³-hybridized carbons (Fsp3) is 0.487. The topological polar surface area (TPSA) is 74.5 Å². The molecule has 1 fully saturated rings. The molecule has 0 unspecified atom stereocenters. The molecule has 49 heavy (non-hydrogen) atoms. The molecule has 7 rings (SSSR count). The fourth-order valence-corrected chi connectivity index (χ4v) is 7.38. The van der Waals surface area contributed by atoms with Gasteiger partial charge in [0, 0.05) is 42.6 Å². The number of benzene rings is 2. The predicted molar refractivity (Wildman–Crippen MR) is 194 cm³/mol. The summed E-state index contributed by atoms with van der Waals surface area (Å²) in [5.74, 6) is 0.243. The van der Waals surface area contributed by atoms with E-state index in [1.165, 1.54) is 13.2 Å². The zero-order valence-corrected chi connectivity index (χ0v) is 31.2. The standard InChI is InChI=1S/C39H47BrFN3O5/c1-24-12-8-9-21-47-39(6)17-19-43(20-18-39)36-31(34(37(45)46-7)49-38(3,4)5)25(2)32(40)35-42-30(23-44(35)36)27-14-10-13-26(22-27)28-15-11-16-29(41)33(28)48-24/h10-11,13-16,22-24,34H,8-9,12,17-21H2,1-7H3/t24-,34-/m0/s1. The van der Waals surface area contributed by atoms with E-state index in [-0.39, 0.29) is 23.3 Å². The Kier molecular flexibility index (Phi) is 10.1. The number of nitrogens with zero attached hydrogens (tertiary/aromatic N) is 3. The van der Waals surface area contributed by atoms with Gasteiger partial charge in [-0.25, -0.2) is 14.2 Å². The highest BCUT2D eigenvalue weighted by molar-refractivity contribution is 9.10. The van der Waals surface area contributed by atoms with Crippen LogP contribution in [0.2, 0.25) is 0 Å². The summed E-state index contributed by atoms with van der Waals surface area (Å²) in [6, 6.07) is 13.0. The fourth-order valence-electron chi connectivity index (χ4n) is 6.89. The highest BCUT2D eigenvalue weighted by Gasteiger charge is 2.38. The Labute approximate surface area is 297 Å². The molecule has 2 aromatic heterocycles. The lowest BCUT2D eigenvalue weighted by atomic mass is 9.92. The SMILES string of the molecule is COC(=O)[C@@H](OC(C)(C)C)c1c(C)c(Br)c2nc3cn2c1N1CCC(C)(CC1)OCCCC[C@H](C)Oc1c(F)cccc1-c1cccc-3c1. The van der Waals surface area contributed by atoms with Crippen LogP contribution in [0.25, 0.3) is 28.0 Å². The molecule has 0 aliphatic carbocycles. The molecule has 0 radical (unpaired) electrons. The lowest BCUT2D eigenvalue weighted by molar-refractivity contribution is -0.164. The third-order valence-electron chi connectivity index (χ3n) is 9.58. The van der Waals surface area contributed by atoms with Crippen molar-refractivity contribution in [1.82, 2.24) is 9.38 Å². The number of esters is 1. The van der Waals surface area contributed by atoms with Crippen LogP contribution < -0.4 is 9.64 Å². The van der Waals surface area contributed by atoms with Crippen LogP contribution in [0, 0.1) is 12.7 Å². The second-order valence-corrected chi connectivity index (χ2v) is 15.3. The quantitative estimate of drug-likeness (QED) is 0.194. The first-order chi connectivity index (χ1) is 23.3. The second-order valence-electron chi connectivity index (χ2n) is 14.5. The van der Waals surface area contributed by atoms with Gasteiger partial charge in [0.2, 0.25) is 0 Å². The summed E-state index contributed by atoms with van der Waals surface area (Å²) < 4.78 is 42.8. The predicted octanol–water partition coefficient (Wildman–Crippen LogP) is 9.23. The molecule has 2 aromatic carbocycles. The third-order valence-corrected chi connectivity index (χ3v) is 10.5. The molecule has 5 heterocycles. The largest absolute Gasteiger partial charge is 0.487 e. The summed E-state index contributed by atoms with van der Waals surface area (Å²) in [7, 11) is 1.39. The molecule has 2 atom stereocenters. The van der Waals surface area contributed by atoms with Gasteiger partial charge in [0.25, 0.3) is 0 Å². The van der Waals surface area contributed by atoms with Crippen LogP contribution in [0.4, 0.5) is 10.2 Å². The van der Waals surface area contributed by atoms with E-state index in [9.17, 15) is 4.79 Å². The van der Waals surface area contributed by atoms with E-state index in [4.69, 9.17) is 23.9 Å². The summed E-state index contributed by atoms with van der Waals surface area (Å²) in [5.41, 5.74) is 4.52. The number of rotatable bonds is 3. The Hall–Kier alpha value is -3.47. The maximum atomic E-state index is 15.3. The summed E-state index contributed by atoms with van der Waals surface area (Å²) in [5, 5.41) is 0. The van der Waals surface area contributed by atoms with Gasteiger partial charge in [-0.15, -0.1) is 0 Å². The number of carbonyl (C=O) groups is 1. The highest BCUT2D eigenvalue weighted by atomic mass is 79.9. The van der Waals surface area contributed by atoms with Crippen molar-refractivity contribution in [2.75, 3.05) is 31.7 Å². The van der Waals surface area contributed by atoms with Crippen molar-refractivity contribution in [3.8, 4) is 28.1 Å². The van der Waals surface area contributed by atoms with Crippen LogP contribution in [0.3, 0.4) is 0 Å². The van der Waals surface area contributed by atoms with Gasteiger partial charge in [-0.1, -0.05) is 30.3 Å². The summed E-state index contributed by atoms with van der Waals surface area (Å²) in [4.78, 5) is 21.0. The molecular weight excluding hydrogens is 689 g/mol. The number of methoxy groups -OCH3 is 1. The number of piperidine rings is 1. The van der Waals surface area contributed by atoms with Crippen LogP contribution in [-0.2, 0) is 19.0 Å². The zero-order valence-electron chi connectivity index (χ0n) is 29.6. The smallest absolute Gasteiger partial charge is 0.339 e. The van der Waals surface area contributed by atoms with E-state index in [1.807, 2.05) is 71.1 Å². The lowest BCUT2D eigenvalue weighted by Crippen LogP contribution is -2.45. The Morgan fingerprint density at radius 2 is 1.84 bits per heavy atom. The first kappa shape index (κ1) is 35.4. The zero-order chi connectivity index (χ0) is 35.1. The van der Waals surface area contributed by atoms with Crippen LogP contribution in [0.1, 0.15) is 84.0 Å². The second kappa shape index (κ2) is 14.0. The number of imidazole rings is 1. The van der Waals surface area contributed by atoms with E-state index in [0.717, 1.165) is 89.1 Å². The van der Waals surface area contributed by atoms with Crippen LogP contribution in [-0.4, -0.2) is 59.5 Å². The summed E-state index contributed by atoms with van der Waals surface area (Å²) >= 11 is 3.85. The number of halogens is 2. The highest BCUT2D eigenvalue weighted by Crippen LogP contribution is 2.43. The van der Waals surface area contributed by atoms with E-state index >= 15 is 4.39 Å². The number of fused-ring (bicyclic) bond motifs is 8. The molecule has 4 aromatic rings. The minimum absolute atomic E-state index is 0.161. The first-order valence-corrected chi connectivity index (χ1v) is 18.0. The first-order valence-electron chi connectivity index (χ1n) is 17.2. The van der Waals surface area contributed by atoms with E-state index in [2.05, 4.69) is 32.2 Å². The molecular formula is C39H47BrFN3O5. The van der Waals surface area contributed by atoms with E-state index < -0.39 is 17.7 Å². The number of pyridine rings is 1. The number of hydrogen-bond donors (Lipinski definition) is 0. The average Bonchev–Trinajstić information content (AvgIpc) is 3.51. The van der Waals surface area contributed by atoms with Gasteiger partial charge in [-0.2, -0.15) is 0 Å². The maximum Gasteiger partial charge on any atom is 0.339 e. The number of aromatic nitrogens is 2. The molecule has 1 saturated heterocycles. The van der Waals surface area contributed by atoms with Crippen molar-refractivity contribution in [3.05, 3.63) is 70.1 Å². The van der Waals surface area contributed by atoms with Gasteiger partial charge in [-0.05, 0) is 113 Å². The third kappa shape index (κ3) is 7.37. The minimum Gasteiger partial charge on any atom is -0.487 e. The van der Waals surface area contributed by atoms with Gasteiger partial charge in [-0.3, -0.25) is 4.40 Å². The van der Waals surface area contributed by atoms with Gasteiger partial charge in [0.1, 0.15) is 5.82 Å². The lowest BCUT2D eigenvalue weighted by Gasteiger charge is -2.42. The molecule has 6 bridgehead atoms. The molecule has 10 heteroatoms. The number of hydrogen-bond acceptors (Lipinski definition) is 7.